The molecule has 0 bridgehead atoms. The number of hydrogen-bond donors (Lipinski definition) is 1. The van der Waals surface area contributed by atoms with Crippen molar-refractivity contribution in [2.24, 2.45) is 0 Å². The molecule has 2 fully saturated rings. The SMILES string of the molecule is CSc1cncc(C(=O)N2CCC[C@@H](Nc3c(C(=O)N4CCCCC4)cc(Br)cc3[N+](=O)[O-])C2)c1. The van der Waals surface area contributed by atoms with Crippen molar-refractivity contribution in [3.05, 3.63) is 56.3 Å². The molecule has 1 atom stereocenters. The number of nitrogens with zero attached hydrogens (tertiary/aromatic N) is 4. The topological polar surface area (TPSA) is 109 Å². The maximum absolute atomic E-state index is 13.4. The molecule has 0 spiro atoms. The number of halogens is 1. The van der Waals surface area contributed by atoms with Crippen molar-refractivity contribution in [2.75, 3.05) is 37.8 Å². The Morgan fingerprint density at radius 3 is 2.54 bits per heavy atom. The van der Waals surface area contributed by atoms with Crippen LogP contribution in [0.15, 0.2) is 40.0 Å². The highest BCUT2D eigenvalue weighted by Crippen LogP contribution is 2.35. The molecule has 1 aromatic carbocycles. The average Bonchev–Trinajstić information content (AvgIpc) is 2.89. The third kappa shape index (κ3) is 5.95. The third-order valence-electron chi connectivity index (χ3n) is 6.41. The first kappa shape index (κ1) is 25.4. The summed E-state index contributed by atoms with van der Waals surface area (Å²) in [5.41, 5.74) is 0.876. The van der Waals surface area contributed by atoms with Crippen LogP contribution in [0, 0.1) is 10.1 Å². The first-order valence-electron chi connectivity index (χ1n) is 11.7. The van der Waals surface area contributed by atoms with Gasteiger partial charge in [-0.1, -0.05) is 15.9 Å². The molecule has 3 heterocycles. The molecule has 1 aromatic heterocycles. The van der Waals surface area contributed by atoms with Crippen LogP contribution < -0.4 is 5.32 Å². The number of pyridine rings is 1. The summed E-state index contributed by atoms with van der Waals surface area (Å²) in [4.78, 5) is 46.6. The largest absolute Gasteiger partial charge is 0.374 e. The molecule has 2 aromatic rings. The van der Waals surface area contributed by atoms with Crippen LogP contribution in [0.3, 0.4) is 0 Å². The van der Waals surface area contributed by atoms with Gasteiger partial charge in [0.1, 0.15) is 5.69 Å². The molecular formula is C24H28BrN5O4S. The fraction of sp³-hybridized carbons (Fsp3) is 0.458. The zero-order valence-corrected chi connectivity index (χ0v) is 21.9. The quantitative estimate of drug-likeness (QED) is 0.306. The van der Waals surface area contributed by atoms with E-state index in [2.05, 4.69) is 26.2 Å². The lowest BCUT2D eigenvalue weighted by atomic mass is 10.0. The van der Waals surface area contributed by atoms with Crippen LogP contribution in [0.1, 0.15) is 52.8 Å². The molecule has 0 aliphatic carbocycles. The summed E-state index contributed by atoms with van der Waals surface area (Å²) < 4.78 is 0.483. The fourth-order valence-corrected chi connectivity index (χ4v) is 5.49. The molecule has 186 valence electrons. The summed E-state index contributed by atoms with van der Waals surface area (Å²) in [7, 11) is 0. The van der Waals surface area contributed by atoms with Crippen molar-refractivity contribution >= 4 is 50.9 Å². The molecule has 2 amide bonds. The molecule has 9 nitrogen and oxygen atoms in total. The second-order valence-corrected chi connectivity index (χ2v) is 10.6. The maximum Gasteiger partial charge on any atom is 0.294 e. The van der Waals surface area contributed by atoms with E-state index in [0.717, 1.165) is 37.0 Å². The second kappa shape index (κ2) is 11.4. The van der Waals surface area contributed by atoms with E-state index in [0.29, 0.717) is 36.2 Å². The van der Waals surface area contributed by atoms with E-state index in [9.17, 15) is 19.7 Å². The predicted octanol–water partition coefficient (Wildman–Crippen LogP) is 4.82. The van der Waals surface area contributed by atoms with Gasteiger partial charge >= 0.3 is 0 Å². The number of amides is 2. The van der Waals surface area contributed by atoms with Gasteiger partial charge in [0.15, 0.2) is 0 Å². The standard InChI is InChI=1S/C24H28BrN5O4S/c1-35-19-10-16(13-26-14-19)23(31)29-9-5-6-18(15-29)27-22-20(11-17(25)12-21(22)30(33)34)24(32)28-7-3-2-4-8-28/h10-14,18,27H,2-9,15H2,1H3/t18-/m1/s1. The zero-order chi connectivity index (χ0) is 24.9. The molecule has 0 radical (unpaired) electrons. The monoisotopic (exact) mass is 561 g/mol. The minimum Gasteiger partial charge on any atom is -0.374 e. The van der Waals surface area contributed by atoms with E-state index in [4.69, 9.17) is 0 Å². The number of nitrogens with one attached hydrogen (secondary N) is 1. The van der Waals surface area contributed by atoms with Crippen LogP contribution >= 0.6 is 27.7 Å². The molecule has 2 aliphatic heterocycles. The number of piperidine rings is 2. The molecule has 35 heavy (non-hydrogen) atoms. The lowest BCUT2D eigenvalue weighted by Crippen LogP contribution is -2.45. The summed E-state index contributed by atoms with van der Waals surface area (Å²) in [5.74, 6) is -0.324. The molecule has 2 saturated heterocycles. The number of aromatic nitrogens is 1. The number of nitro groups is 1. The Hall–Kier alpha value is -2.66. The number of hydrogen-bond acceptors (Lipinski definition) is 7. The van der Waals surface area contributed by atoms with Gasteiger partial charge in [-0.25, -0.2) is 0 Å². The minimum absolute atomic E-state index is 0.116. The van der Waals surface area contributed by atoms with Gasteiger partial charge in [0, 0.05) is 60.0 Å². The molecular weight excluding hydrogens is 534 g/mol. The van der Waals surface area contributed by atoms with Crippen molar-refractivity contribution in [2.45, 2.75) is 43.0 Å². The Balaban J connectivity index is 1.59. The molecule has 1 N–H and O–H groups in total. The van der Waals surface area contributed by atoms with E-state index in [1.54, 1.807) is 28.3 Å². The molecule has 4 rings (SSSR count). The van der Waals surface area contributed by atoms with Crippen LogP contribution in [0.5, 0.6) is 0 Å². The summed E-state index contributed by atoms with van der Waals surface area (Å²) in [6.45, 7) is 2.27. The Morgan fingerprint density at radius 2 is 1.83 bits per heavy atom. The Labute approximate surface area is 216 Å². The molecule has 0 unspecified atom stereocenters. The summed E-state index contributed by atoms with van der Waals surface area (Å²) in [6.07, 6.45) is 9.63. The number of likely N-dealkylation sites (tertiary alicyclic amines) is 2. The molecule has 2 aliphatic rings. The van der Waals surface area contributed by atoms with Crippen LogP contribution in [-0.4, -0.2) is 70.0 Å². The average molecular weight is 562 g/mol. The first-order valence-corrected chi connectivity index (χ1v) is 13.7. The van der Waals surface area contributed by atoms with Gasteiger partial charge < -0.3 is 15.1 Å². The molecule has 0 saturated carbocycles. The van der Waals surface area contributed by atoms with E-state index in [1.807, 2.05) is 12.3 Å². The Bertz CT molecular complexity index is 1130. The van der Waals surface area contributed by atoms with Crippen molar-refractivity contribution in [3.63, 3.8) is 0 Å². The van der Waals surface area contributed by atoms with E-state index in [1.165, 1.54) is 17.8 Å². The lowest BCUT2D eigenvalue weighted by molar-refractivity contribution is -0.384. The van der Waals surface area contributed by atoms with Gasteiger partial charge in [-0.2, -0.15) is 0 Å². The highest BCUT2D eigenvalue weighted by molar-refractivity contribution is 9.10. The fourth-order valence-electron chi connectivity index (χ4n) is 4.64. The summed E-state index contributed by atoms with van der Waals surface area (Å²) >= 11 is 4.86. The van der Waals surface area contributed by atoms with E-state index < -0.39 is 4.92 Å². The van der Waals surface area contributed by atoms with Gasteiger partial charge in [-0.3, -0.25) is 24.7 Å². The number of nitro benzene ring substituents is 1. The zero-order valence-electron chi connectivity index (χ0n) is 19.5. The van der Waals surface area contributed by atoms with Gasteiger partial charge in [-0.05, 0) is 50.5 Å². The van der Waals surface area contributed by atoms with Crippen LogP contribution in [0.25, 0.3) is 0 Å². The first-order chi connectivity index (χ1) is 16.9. The summed E-state index contributed by atoms with van der Waals surface area (Å²) in [5, 5.41) is 15.2. The number of anilines is 1. The van der Waals surface area contributed by atoms with Gasteiger partial charge in [0.05, 0.1) is 16.1 Å². The van der Waals surface area contributed by atoms with Crippen LogP contribution in [0.2, 0.25) is 0 Å². The lowest BCUT2D eigenvalue weighted by Gasteiger charge is -2.34. The highest BCUT2D eigenvalue weighted by atomic mass is 79.9. The van der Waals surface area contributed by atoms with E-state index >= 15 is 0 Å². The van der Waals surface area contributed by atoms with Crippen LogP contribution in [-0.2, 0) is 0 Å². The van der Waals surface area contributed by atoms with Crippen molar-refractivity contribution in [1.29, 1.82) is 0 Å². The van der Waals surface area contributed by atoms with Gasteiger partial charge in [-0.15, -0.1) is 11.8 Å². The second-order valence-electron chi connectivity index (χ2n) is 8.81. The minimum atomic E-state index is -0.467. The number of benzene rings is 1. The number of carbonyl (C=O) groups is 2. The molecule has 11 heteroatoms. The van der Waals surface area contributed by atoms with Gasteiger partial charge in [0.25, 0.3) is 17.5 Å². The normalized spacial score (nSPS) is 18.3. The van der Waals surface area contributed by atoms with E-state index in [-0.39, 0.29) is 34.8 Å². The van der Waals surface area contributed by atoms with Crippen molar-refractivity contribution < 1.29 is 14.5 Å². The van der Waals surface area contributed by atoms with Crippen molar-refractivity contribution in [3.8, 4) is 0 Å². The summed E-state index contributed by atoms with van der Waals surface area (Å²) in [6, 6.07) is 4.67. The third-order valence-corrected chi connectivity index (χ3v) is 7.56. The Kier molecular flexibility index (Phi) is 8.27. The smallest absolute Gasteiger partial charge is 0.294 e. The Morgan fingerprint density at radius 1 is 1.09 bits per heavy atom. The highest BCUT2D eigenvalue weighted by Gasteiger charge is 2.31. The van der Waals surface area contributed by atoms with Crippen LogP contribution in [0.4, 0.5) is 11.4 Å². The number of carbonyl (C=O) groups excluding carboxylic acids is 2. The van der Waals surface area contributed by atoms with Crippen molar-refractivity contribution in [1.82, 2.24) is 14.8 Å². The van der Waals surface area contributed by atoms with Gasteiger partial charge in [0.2, 0.25) is 0 Å². The predicted molar refractivity (Wildman–Crippen MR) is 139 cm³/mol. The number of thioether (sulfide) groups is 1. The maximum atomic E-state index is 13.4. The number of rotatable bonds is 6.